The summed E-state index contributed by atoms with van der Waals surface area (Å²) in [5.74, 6) is -0.130. The molecule has 1 aliphatic heterocycles. The first-order valence-electron chi connectivity index (χ1n) is 6.79. The van der Waals surface area contributed by atoms with Crippen molar-refractivity contribution in [3.63, 3.8) is 0 Å². The van der Waals surface area contributed by atoms with Gasteiger partial charge in [0.2, 0.25) is 0 Å². The van der Waals surface area contributed by atoms with Gasteiger partial charge in [-0.25, -0.2) is 0 Å². The summed E-state index contributed by atoms with van der Waals surface area (Å²) in [7, 11) is 0. The summed E-state index contributed by atoms with van der Waals surface area (Å²) in [6.45, 7) is 2.65. The molecule has 21 heavy (non-hydrogen) atoms. The number of benzene rings is 2. The maximum absolute atomic E-state index is 12.7. The van der Waals surface area contributed by atoms with E-state index in [1.54, 1.807) is 6.07 Å². The van der Waals surface area contributed by atoms with Gasteiger partial charge in [0.1, 0.15) is 0 Å². The van der Waals surface area contributed by atoms with E-state index >= 15 is 0 Å². The summed E-state index contributed by atoms with van der Waals surface area (Å²) < 4.78 is 0.960. The number of hydrogen-bond acceptors (Lipinski definition) is 2. The van der Waals surface area contributed by atoms with Gasteiger partial charge in [-0.3, -0.25) is 9.59 Å². The molecule has 0 spiro atoms. The summed E-state index contributed by atoms with van der Waals surface area (Å²) in [5, 5.41) is 2.81. The molecular weight excluding hydrogens is 377 g/mol. The molecule has 1 amide bonds. The average molecular weight is 391 g/mol. The van der Waals surface area contributed by atoms with Crippen LogP contribution in [0.4, 0.5) is 0 Å². The highest BCUT2D eigenvalue weighted by atomic mass is 127. The summed E-state index contributed by atoms with van der Waals surface area (Å²) in [5.41, 5.74) is 3.96. The second-order valence-electron chi connectivity index (χ2n) is 5.14. The molecule has 0 saturated carbocycles. The fraction of sp³-hybridized carbons (Fsp3) is 0.176. The lowest BCUT2D eigenvalue weighted by Crippen LogP contribution is -2.32. The highest BCUT2D eigenvalue weighted by Crippen LogP contribution is 2.22. The van der Waals surface area contributed by atoms with E-state index in [0.29, 0.717) is 23.2 Å². The smallest absolute Gasteiger partial charge is 0.251 e. The van der Waals surface area contributed by atoms with Crippen LogP contribution in [0.1, 0.15) is 37.4 Å². The van der Waals surface area contributed by atoms with Crippen molar-refractivity contribution >= 4 is 34.3 Å². The molecule has 0 unspecified atom stereocenters. The number of rotatable bonds is 2. The maximum Gasteiger partial charge on any atom is 0.251 e. The van der Waals surface area contributed by atoms with Crippen molar-refractivity contribution in [2.24, 2.45) is 0 Å². The maximum atomic E-state index is 12.7. The van der Waals surface area contributed by atoms with E-state index in [9.17, 15) is 9.59 Å². The Morgan fingerprint density at radius 2 is 2.05 bits per heavy atom. The molecule has 0 aromatic heterocycles. The van der Waals surface area contributed by atoms with Crippen LogP contribution in [-0.2, 0) is 6.42 Å². The van der Waals surface area contributed by atoms with Crippen molar-refractivity contribution in [3.8, 4) is 0 Å². The minimum Gasteiger partial charge on any atom is -0.352 e. The predicted octanol–water partition coefficient (Wildman–Crippen LogP) is 3.12. The molecule has 106 valence electrons. The molecule has 0 atom stereocenters. The number of nitrogens with one attached hydrogen (secondary N) is 1. The highest BCUT2D eigenvalue weighted by molar-refractivity contribution is 14.1. The Balaban J connectivity index is 2.05. The molecular formula is C17H14INO2. The van der Waals surface area contributed by atoms with Gasteiger partial charge in [0, 0.05) is 26.8 Å². The zero-order valence-electron chi connectivity index (χ0n) is 11.6. The zero-order chi connectivity index (χ0) is 15.0. The Hall–Kier alpha value is -1.69. The van der Waals surface area contributed by atoms with E-state index in [-0.39, 0.29) is 11.7 Å². The largest absolute Gasteiger partial charge is 0.352 e. The standard InChI is InChI=1S/C17H14INO2/c1-10-3-2-4-13(15(10)18)16(20)12-6-5-11-7-8-19-17(21)14(11)9-12/h2-6,9H,7-8H2,1H3,(H,19,21). The number of ketones is 1. The quantitative estimate of drug-likeness (QED) is 0.632. The van der Waals surface area contributed by atoms with Crippen molar-refractivity contribution in [1.29, 1.82) is 0 Å². The lowest BCUT2D eigenvalue weighted by molar-refractivity contribution is 0.0946. The Labute approximate surface area is 136 Å². The van der Waals surface area contributed by atoms with Crippen LogP contribution in [0, 0.1) is 10.5 Å². The normalized spacial score (nSPS) is 13.5. The number of hydrogen-bond donors (Lipinski definition) is 1. The molecule has 0 saturated heterocycles. The molecule has 4 heteroatoms. The van der Waals surface area contributed by atoms with Gasteiger partial charge in [-0.2, -0.15) is 0 Å². The van der Waals surface area contributed by atoms with E-state index in [2.05, 4.69) is 27.9 Å². The molecule has 2 aromatic rings. The first-order valence-corrected chi connectivity index (χ1v) is 7.87. The SMILES string of the molecule is Cc1cccc(C(=O)c2ccc3c(c2)C(=O)NCC3)c1I. The number of halogens is 1. The first kappa shape index (κ1) is 14.3. The number of carbonyl (C=O) groups is 2. The van der Waals surface area contributed by atoms with E-state index in [4.69, 9.17) is 0 Å². The summed E-state index contributed by atoms with van der Waals surface area (Å²) in [4.78, 5) is 24.6. The Morgan fingerprint density at radius 1 is 1.24 bits per heavy atom. The molecule has 3 nitrogen and oxygen atoms in total. The van der Waals surface area contributed by atoms with E-state index in [1.807, 2.05) is 37.3 Å². The summed E-state index contributed by atoms with van der Waals surface area (Å²) in [6, 6.07) is 11.1. The Bertz CT molecular complexity index is 752. The fourth-order valence-corrected chi connectivity index (χ4v) is 3.14. The topological polar surface area (TPSA) is 46.2 Å². The van der Waals surface area contributed by atoms with Gasteiger partial charge in [-0.05, 0) is 59.2 Å². The van der Waals surface area contributed by atoms with E-state index < -0.39 is 0 Å². The molecule has 0 bridgehead atoms. The van der Waals surface area contributed by atoms with Gasteiger partial charge >= 0.3 is 0 Å². The molecule has 1 heterocycles. The van der Waals surface area contributed by atoms with Gasteiger partial charge in [0.25, 0.3) is 5.91 Å². The van der Waals surface area contributed by atoms with Gasteiger partial charge in [0.15, 0.2) is 5.78 Å². The minimum atomic E-state index is -0.0927. The number of amides is 1. The summed E-state index contributed by atoms with van der Waals surface area (Å²) >= 11 is 2.19. The van der Waals surface area contributed by atoms with Gasteiger partial charge in [-0.15, -0.1) is 0 Å². The highest BCUT2D eigenvalue weighted by Gasteiger charge is 2.20. The second kappa shape index (κ2) is 5.60. The van der Waals surface area contributed by atoms with Crippen molar-refractivity contribution in [2.45, 2.75) is 13.3 Å². The van der Waals surface area contributed by atoms with Crippen LogP contribution in [-0.4, -0.2) is 18.2 Å². The van der Waals surface area contributed by atoms with Crippen molar-refractivity contribution in [2.75, 3.05) is 6.54 Å². The molecule has 1 N–H and O–H groups in total. The van der Waals surface area contributed by atoms with Crippen LogP contribution in [0.15, 0.2) is 36.4 Å². The fourth-order valence-electron chi connectivity index (χ4n) is 2.53. The third-order valence-corrected chi connectivity index (χ3v) is 5.16. The number of aryl methyl sites for hydroxylation is 1. The summed E-state index contributed by atoms with van der Waals surface area (Å²) in [6.07, 6.45) is 0.817. The van der Waals surface area contributed by atoms with Crippen LogP contribution >= 0.6 is 22.6 Å². The van der Waals surface area contributed by atoms with E-state index in [1.165, 1.54) is 0 Å². The molecule has 0 fully saturated rings. The monoisotopic (exact) mass is 391 g/mol. The van der Waals surface area contributed by atoms with Crippen LogP contribution in [0.25, 0.3) is 0 Å². The van der Waals surface area contributed by atoms with Gasteiger partial charge in [0.05, 0.1) is 0 Å². The van der Waals surface area contributed by atoms with E-state index in [0.717, 1.165) is 21.1 Å². The van der Waals surface area contributed by atoms with Crippen molar-refractivity contribution < 1.29 is 9.59 Å². The molecule has 1 aliphatic rings. The average Bonchev–Trinajstić information content (AvgIpc) is 2.49. The lowest BCUT2D eigenvalue weighted by atomic mass is 9.94. The zero-order valence-corrected chi connectivity index (χ0v) is 13.7. The third kappa shape index (κ3) is 2.60. The molecule has 0 aliphatic carbocycles. The third-order valence-electron chi connectivity index (χ3n) is 3.73. The van der Waals surface area contributed by atoms with Gasteiger partial charge < -0.3 is 5.32 Å². The molecule has 0 radical (unpaired) electrons. The van der Waals surface area contributed by atoms with Crippen molar-refractivity contribution in [3.05, 3.63) is 67.8 Å². The van der Waals surface area contributed by atoms with Crippen molar-refractivity contribution in [1.82, 2.24) is 5.32 Å². The Morgan fingerprint density at radius 3 is 2.86 bits per heavy atom. The minimum absolute atomic E-state index is 0.0377. The second-order valence-corrected chi connectivity index (χ2v) is 6.22. The van der Waals surface area contributed by atoms with Crippen LogP contribution in [0.5, 0.6) is 0 Å². The predicted molar refractivity (Wildman–Crippen MR) is 89.8 cm³/mol. The number of carbonyl (C=O) groups excluding carboxylic acids is 2. The first-order chi connectivity index (χ1) is 10.1. The Kier molecular flexibility index (Phi) is 3.80. The molecule has 2 aromatic carbocycles. The van der Waals surface area contributed by atoms with Crippen LogP contribution in [0.2, 0.25) is 0 Å². The number of fused-ring (bicyclic) bond motifs is 1. The van der Waals surface area contributed by atoms with Gasteiger partial charge in [-0.1, -0.05) is 24.3 Å². The van der Waals surface area contributed by atoms with Crippen LogP contribution in [0.3, 0.4) is 0 Å². The molecule has 3 rings (SSSR count). The van der Waals surface area contributed by atoms with Crippen LogP contribution < -0.4 is 5.32 Å². The lowest BCUT2D eigenvalue weighted by Gasteiger charge is -2.17.